The molecular formula is C12H16ClN6O12P3S. The topological polar surface area (TPSA) is 288 Å². The number of aliphatic hydroxyl groups is 1. The van der Waals surface area contributed by atoms with E-state index < -0.39 is 54.0 Å². The van der Waals surface area contributed by atoms with Crippen molar-refractivity contribution < 1.29 is 59.0 Å². The van der Waals surface area contributed by atoms with Gasteiger partial charge in [0.25, 0.3) is 0 Å². The van der Waals surface area contributed by atoms with Gasteiger partial charge >= 0.3 is 23.5 Å². The lowest BCUT2D eigenvalue weighted by Crippen LogP contribution is -2.53. The molecule has 1 saturated heterocycles. The van der Waals surface area contributed by atoms with Gasteiger partial charge in [0, 0.05) is 5.38 Å². The Morgan fingerprint density at radius 2 is 2.00 bits per heavy atom. The quantitative estimate of drug-likeness (QED) is 0.109. The number of imidazole rings is 1. The van der Waals surface area contributed by atoms with Crippen LogP contribution in [0.5, 0.6) is 0 Å². The number of phosphoric ester groups is 1. The maximum Gasteiger partial charge on any atom is 0.490 e. The molecule has 1 aliphatic rings. The van der Waals surface area contributed by atoms with Crippen molar-refractivity contribution >= 4 is 64.4 Å². The Bertz CT molecular complexity index is 1490. The van der Waals surface area contributed by atoms with Crippen LogP contribution in [0.4, 0.5) is 5.95 Å². The minimum atomic E-state index is -6.00. The van der Waals surface area contributed by atoms with Gasteiger partial charge in [0.15, 0.2) is 22.4 Å². The average Bonchev–Trinajstić information content (AvgIpc) is 3.18. The highest BCUT2D eigenvalue weighted by molar-refractivity contribution is 7.71. The first-order valence-corrected chi connectivity index (χ1v) is 13.8. The zero-order valence-corrected chi connectivity index (χ0v) is 20.8. The van der Waals surface area contributed by atoms with E-state index in [2.05, 4.69) is 34.0 Å². The first kappa shape index (κ1) is 25.4. The summed E-state index contributed by atoms with van der Waals surface area (Å²) in [5, 5.41) is 12.8. The van der Waals surface area contributed by atoms with Gasteiger partial charge in [0.05, 0.1) is 15.6 Å². The highest BCUT2D eigenvalue weighted by Crippen LogP contribution is 2.66. The number of hydrogen-bond donors (Lipinski definition) is 8. The number of aromatic amines is 1. The SMILES string of the molecule is [2H]C([2H])(OP(=O)(O)OP(=O)(O)OP(=O)(O)O)[C@H]1O[C@@H](n2cnc3c(=S)nc(N)[nH]c32)C(N)(C#CCl)[C@H]1O. The van der Waals surface area contributed by atoms with Crippen molar-refractivity contribution in [2.75, 3.05) is 12.3 Å². The van der Waals surface area contributed by atoms with E-state index in [1.54, 1.807) is 0 Å². The number of hydrogen-bond acceptors (Lipinski definition) is 13. The third-order valence-electron chi connectivity index (χ3n) is 4.14. The predicted octanol–water partition coefficient (Wildman–Crippen LogP) is -0.430. The Kier molecular flexibility index (Phi) is 7.16. The number of halogens is 1. The largest absolute Gasteiger partial charge is 0.490 e. The van der Waals surface area contributed by atoms with E-state index in [1.807, 2.05) is 5.38 Å². The van der Waals surface area contributed by atoms with E-state index in [4.69, 9.17) is 52.6 Å². The summed E-state index contributed by atoms with van der Waals surface area (Å²) in [7, 11) is -17.7. The molecule has 35 heavy (non-hydrogen) atoms. The second-order valence-electron chi connectivity index (χ2n) is 6.58. The standard InChI is InChI=1S/C12H16ClN6O12P3S/c13-2-1-12(15)7(20)5(3-28-33(24,25)31-34(26,27)30-32(21,22)23)29-10(12)19-4-16-6-8(19)17-11(14)18-9(6)35/h4-5,7,10,20H,3,15H2,(H,24,25)(H,26,27)(H2,21,22,23)(H3,14,17,18,35)/t5-,7+,10-,12?/m1/s1/i3D2. The molecule has 0 radical (unpaired) electrons. The summed E-state index contributed by atoms with van der Waals surface area (Å²) >= 11 is 10.5. The Morgan fingerprint density at radius 1 is 1.34 bits per heavy atom. The van der Waals surface area contributed by atoms with Crippen molar-refractivity contribution in [2.24, 2.45) is 5.73 Å². The molecule has 0 spiro atoms. The van der Waals surface area contributed by atoms with Gasteiger partial charge in [0.2, 0.25) is 0 Å². The molecule has 10 N–H and O–H groups in total. The van der Waals surface area contributed by atoms with Gasteiger partial charge in [-0.25, -0.2) is 23.7 Å². The predicted molar refractivity (Wildman–Crippen MR) is 117 cm³/mol. The van der Waals surface area contributed by atoms with Gasteiger partial charge in [-0.2, -0.15) is 8.62 Å². The monoisotopic (exact) mass is 598 g/mol. The summed E-state index contributed by atoms with van der Waals surface area (Å²) in [4.78, 5) is 46.7. The van der Waals surface area contributed by atoms with Gasteiger partial charge in [-0.15, -0.1) is 0 Å². The lowest BCUT2D eigenvalue weighted by atomic mass is 9.92. The Hall–Kier alpha value is -1.29. The summed E-state index contributed by atoms with van der Waals surface area (Å²) in [5.74, 6) is 2.07. The van der Waals surface area contributed by atoms with Crippen molar-refractivity contribution in [3.8, 4) is 11.3 Å². The number of H-pyrrole nitrogens is 1. The molecule has 3 heterocycles. The third kappa shape index (κ3) is 6.35. The summed E-state index contributed by atoms with van der Waals surface area (Å²) in [6.07, 6.45) is -5.04. The van der Waals surface area contributed by atoms with Crippen LogP contribution in [-0.2, 0) is 31.6 Å². The molecule has 3 rings (SSSR count). The number of nitrogen functional groups attached to an aromatic ring is 1. The number of ether oxygens (including phenoxy) is 1. The zero-order valence-electron chi connectivity index (χ0n) is 18.5. The molecule has 18 nitrogen and oxygen atoms in total. The Labute approximate surface area is 207 Å². The number of nitrogens with one attached hydrogen (secondary N) is 1. The molecular weight excluding hydrogens is 581 g/mol. The Balaban J connectivity index is 1.99. The highest BCUT2D eigenvalue weighted by Gasteiger charge is 2.55. The molecule has 2 aromatic rings. The molecule has 1 aliphatic heterocycles. The van der Waals surface area contributed by atoms with Crippen LogP contribution < -0.4 is 11.5 Å². The van der Waals surface area contributed by atoms with E-state index in [9.17, 15) is 28.6 Å². The van der Waals surface area contributed by atoms with E-state index in [-0.39, 0.29) is 21.8 Å². The minimum absolute atomic E-state index is 0.0370. The maximum absolute atomic E-state index is 12.2. The molecule has 0 aliphatic carbocycles. The number of anilines is 1. The smallest absolute Gasteiger partial charge is 0.387 e. The lowest BCUT2D eigenvalue weighted by molar-refractivity contribution is -0.0438. The van der Waals surface area contributed by atoms with Crippen molar-refractivity contribution in [3.63, 3.8) is 0 Å². The zero-order chi connectivity index (χ0) is 28.2. The van der Waals surface area contributed by atoms with Gasteiger partial charge in [-0.05, 0) is 11.6 Å². The fraction of sp³-hybridized carbons (Fsp3) is 0.417. The van der Waals surface area contributed by atoms with Gasteiger partial charge in [-0.3, -0.25) is 9.09 Å². The van der Waals surface area contributed by atoms with Crippen molar-refractivity contribution in [1.29, 1.82) is 0 Å². The van der Waals surface area contributed by atoms with Crippen LogP contribution in [-0.4, -0.2) is 68.5 Å². The Morgan fingerprint density at radius 3 is 2.60 bits per heavy atom. The van der Waals surface area contributed by atoms with Crippen LogP contribution in [0.25, 0.3) is 11.2 Å². The molecule has 194 valence electrons. The summed E-state index contributed by atoms with van der Waals surface area (Å²) in [6, 6.07) is 0. The summed E-state index contributed by atoms with van der Waals surface area (Å²) < 4.78 is 68.4. The number of phosphoric acid groups is 3. The number of nitrogens with two attached hydrogens (primary N) is 2. The third-order valence-corrected chi connectivity index (χ3v) is 8.18. The average molecular weight is 599 g/mol. The fourth-order valence-electron chi connectivity index (χ4n) is 2.87. The van der Waals surface area contributed by atoms with Crippen LogP contribution in [0.15, 0.2) is 6.33 Å². The molecule has 0 aromatic carbocycles. The number of fused-ring (bicyclic) bond motifs is 1. The second kappa shape index (κ2) is 9.88. The normalized spacial score (nSPS) is 29.5. The number of aliphatic hydroxyl groups excluding tert-OH is 1. The minimum Gasteiger partial charge on any atom is -0.387 e. The van der Waals surface area contributed by atoms with Crippen LogP contribution in [0.2, 0.25) is 0 Å². The van der Waals surface area contributed by atoms with Gasteiger partial charge < -0.3 is 45.9 Å². The molecule has 6 atom stereocenters. The first-order chi connectivity index (χ1) is 16.7. The van der Waals surface area contributed by atoms with Crippen LogP contribution in [0.1, 0.15) is 8.97 Å². The van der Waals surface area contributed by atoms with Crippen LogP contribution in [0.3, 0.4) is 0 Å². The van der Waals surface area contributed by atoms with Crippen molar-refractivity contribution in [1.82, 2.24) is 19.5 Å². The van der Waals surface area contributed by atoms with E-state index in [1.165, 1.54) is 0 Å². The van der Waals surface area contributed by atoms with Crippen molar-refractivity contribution in [2.45, 2.75) is 24.0 Å². The number of rotatable bonds is 8. The first-order valence-electron chi connectivity index (χ1n) is 9.53. The van der Waals surface area contributed by atoms with Gasteiger partial charge in [-0.1, -0.05) is 18.1 Å². The van der Waals surface area contributed by atoms with Gasteiger partial charge in [0.1, 0.15) is 23.4 Å². The van der Waals surface area contributed by atoms with E-state index in [0.717, 1.165) is 10.9 Å². The van der Waals surface area contributed by atoms with E-state index >= 15 is 0 Å². The molecule has 3 unspecified atom stereocenters. The molecule has 0 saturated carbocycles. The molecule has 1 fully saturated rings. The number of nitrogens with zero attached hydrogens (tertiary/aromatic N) is 3. The summed E-state index contributed by atoms with van der Waals surface area (Å²) in [5.41, 5.74) is 9.71. The van der Waals surface area contributed by atoms with Crippen molar-refractivity contribution in [3.05, 3.63) is 11.0 Å². The number of aromatic nitrogens is 4. The molecule has 0 bridgehead atoms. The highest BCUT2D eigenvalue weighted by atomic mass is 35.5. The van der Waals surface area contributed by atoms with E-state index in [0.29, 0.717) is 0 Å². The van der Waals surface area contributed by atoms with Crippen LogP contribution >= 0.6 is 47.3 Å². The second-order valence-corrected chi connectivity index (χ2v) is 11.5. The summed E-state index contributed by atoms with van der Waals surface area (Å²) in [6.45, 7) is -3.57. The van der Waals surface area contributed by atoms with Crippen LogP contribution in [0, 0.1) is 15.9 Å². The molecule has 2 aromatic heterocycles. The maximum atomic E-state index is 12.2. The lowest BCUT2D eigenvalue weighted by Gasteiger charge is -2.27. The molecule has 23 heteroatoms. The fourth-order valence-corrected chi connectivity index (χ4v) is 6.16. The molecule has 0 amide bonds.